The Bertz CT molecular complexity index is 1120. The van der Waals surface area contributed by atoms with Gasteiger partial charge in [-0.05, 0) is 26.2 Å². The van der Waals surface area contributed by atoms with Crippen molar-refractivity contribution in [2.45, 2.75) is 31.1 Å². The van der Waals surface area contributed by atoms with Gasteiger partial charge in [0.15, 0.2) is 16.1 Å². The average Bonchev–Trinajstić information content (AvgIpc) is 2.84. The van der Waals surface area contributed by atoms with Crippen LogP contribution in [0.15, 0.2) is 17.4 Å². The predicted octanol–water partition coefficient (Wildman–Crippen LogP) is 4.00. The Balaban J connectivity index is 2.00. The number of anilines is 2. The lowest BCUT2D eigenvalue weighted by atomic mass is 10.1. The highest BCUT2D eigenvalue weighted by atomic mass is 35.5. The van der Waals surface area contributed by atoms with Crippen LogP contribution in [0.4, 0.5) is 20.4 Å². The highest BCUT2D eigenvalue weighted by Crippen LogP contribution is 2.42. The normalized spacial score (nSPS) is 17.2. The molecular weight excluding hydrogens is 422 g/mol. The van der Waals surface area contributed by atoms with Crippen LogP contribution in [0.1, 0.15) is 25.5 Å². The predicted molar refractivity (Wildman–Crippen MR) is 109 cm³/mol. The summed E-state index contributed by atoms with van der Waals surface area (Å²) >= 11 is 7.22. The van der Waals surface area contributed by atoms with E-state index in [0.717, 1.165) is 6.20 Å². The fourth-order valence-electron chi connectivity index (χ4n) is 3.46. The minimum absolute atomic E-state index is 0.0194. The van der Waals surface area contributed by atoms with E-state index in [0.29, 0.717) is 21.9 Å². The molecule has 2 N–H and O–H groups in total. The lowest BCUT2D eigenvalue weighted by molar-refractivity contribution is 0.281. The first-order valence-corrected chi connectivity index (χ1v) is 10.3. The Morgan fingerprint density at radius 1 is 1.34 bits per heavy atom. The van der Waals surface area contributed by atoms with Gasteiger partial charge >= 0.3 is 0 Å². The number of nitrogen functional groups attached to an aromatic ring is 1. The van der Waals surface area contributed by atoms with E-state index in [2.05, 4.69) is 19.9 Å². The van der Waals surface area contributed by atoms with Gasteiger partial charge < -0.3 is 15.4 Å². The van der Waals surface area contributed by atoms with Crippen molar-refractivity contribution in [2.24, 2.45) is 0 Å². The molecule has 7 nitrogen and oxygen atoms in total. The molecule has 4 heterocycles. The van der Waals surface area contributed by atoms with E-state index in [1.807, 2.05) is 18.7 Å². The summed E-state index contributed by atoms with van der Waals surface area (Å²) in [6, 6.07) is 0.673. The van der Waals surface area contributed by atoms with Gasteiger partial charge in [-0.1, -0.05) is 23.4 Å². The second-order valence-electron chi connectivity index (χ2n) is 6.65. The Hall–Kier alpha value is -2.46. The second-order valence-corrected chi connectivity index (χ2v) is 7.78. The van der Waals surface area contributed by atoms with E-state index < -0.39 is 17.7 Å². The lowest BCUT2D eigenvalue weighted by Crippen LogP contribution is -2.39. The Morgan fingerprint density at radius 2 is 2.10 bits per heavy atom. The molecule has 4 rings (SSSR count). The maximum atomic E-state index is 14.8. The molecule has 0 spiro atoms. The van der Waals surface area contributed by atoms with Crippen LogP contribution in [0.5, 0.6) is 5.88 Å². The molecule has 0 amide bonds. The van der Waals surface area contributed by atoms with Gasteiger partial charge in [-0.3, -0.25) is 0 Å². The van der Waals surface area contributed by atoms with Crippen molar-refractivity contribution >= 4 is 45.9 Å². The van der Waals surface area contributed by atoms with Crippen molar-refractivity contribution in [2.75, 3.05) is 23.5 Å². The standard InChI is InChI=1S/C18H17ClF2N6OS/c1-7-6-28-17-11-13(12(21)14(19)25-17)24-18(29-3)26-16(11)27(7)8(2)10-4-9(20)5-23-15(10)22/h4-5,7-8H,6H2,1-3H3,(H2,22,23)/t7-,8?/m0/s1. The smallest absolute Gasteiger partial charge is 0.228 e. The molecular formula is C18H17ClF2N6OS. The third-order valence-electron chi connectivity index (χ3n) is 4.82. The summed E-state index contributed by atoms with van der Waals surface area (Å²) in [4.78, 5) is 18.7. The van der Waals surface area contributed by atoms with E-state index >= 15 is 0 Å². The first-order valence-electron chi connectivity index (χ1n) is 8.74. The van der Waals surface area contributed by atoms with E-state index in [1.54, 1.807) is 6.26 Å². The Labute approximate surface area is 174 Å². The number of nitrogens with zero attached hydrogens (tertiary/aromatic N) is 5. The molecule has 1 aliphatic rings. The molecule has 0 fully saturated rings. The number of halogens is 3. The molecule has 0 radical (unpaired) electrons. The number of hydrogen-bond donors (Lipinski definition) is 1. The summed E-state index contributed by atoms with van der Waals surface area (Å²) in [5, 5.41) is 0.344. The van der Waals surface area contributed by atoms with Gasteiger partial charge in [-0.2, -0.15) is 4.98 Å². The third-order valence-corrected chi connectivity index (χ3v) is 5.62. The van der Waals surface area contributed by atoms with Crippen LogP contribution in [-0.2, 0) is 0 Å². The van der Waals surface area contributed by atoms with Gasteiger partial charge in [-0.25, -0.2) is 23.7 Å². The van der Waals surface area contributed by atoms with Crippen LogP contribution in [-0.4, -0.2) is 38.8 Å². The van der Waals surface area contributed by atoms with Crippen LogP contribution < -0.4 is 15.4 Å². The number of pyridine rings is 2. The number of rotatable bonds is 3. The minimum atomic E-state index is -0.748. The van der Waals surface area contributed by atoms with E-state index in [-0.39, 0.29) is 35.0 Å². The summed E-state index contributed by atoms with van der Waals surface area (Å²) < 4.78 is 34.5. The molecule has 3 aromatic heterocycles. The molecule has 2 atom stereocenters. The van der Waals surface area contributed by atoms with E-state index in [4.69, 9.17) is 22.1 Å². The topological polar surface area (TPSA) is 90.0 Å². The first-order chi connectivity index (χ1) is 13.8. The maximum Gasteiger partial charge on any atom is 0.228 e. The molecule has 29 heavy (non-hydrogen) atoms. The molecule has 1 aliphatic heterocycles. The van der Waals surface area contributed by atoms with E-state index in [1.165, 1.54) is 17.8 Å². The summed E-state index contributed by atoms with van der Waals surface area (Å²) in [5.41, 5.74) is 6.52. The van der Waals surface area contributed by atoms with Crippen molar-refractivity contribution < 1.29 is 13.5 Å². The van der Waals surface area contributed by atoms with Crippen LogP contribution in [0.25, 0.3) is 10.9 Å². The molecule has 0 saturated carbocycles. The number of thioether (sulfide) groups is 1. The summed E-state index contributed by atoms with van der Waals surface area (Å²) in [6.07, 6.45) is 2.85. The zero-order valence-electron chi connectivity index (χ0n) is 15.8. The minimum Gasteiger partial charge on any atom is -0.475 e. The number of aromatic nitrogens is 4. The molecule has 0 saturated heterocycles. The Kier molecular flexibility index (Phi) is 5.07. The zero-order chi connectivity index (χ0) is 20.9. The van der Waals surface area contributed by atoms with Gasteiger partial charge in [0, 0.05) is 5.56 Å². The summed E-state index contributed by atoms with van der Waals surface area (Å²) in [5.74, 6) is -0.480. The fourth-order valence-corrected chi connectivity index (χ4v) is 3.99. The SMILES string of the molecule is CSc1nc2c3c(nc(Cl)c(F)c3n1)OC[C@H](C)N2C(C)c1cc(F)cnc1N. The molecule has 3 aromatic rings. The van der Waals surface area contributed by atoms with Crippen molar-refractivity contribution in [1.29, 1.82) is 0 Å². The number of ether oxygens (including phenoxy) is 1. The summed E-state index contributed by atoms with van der Waals surface area (Å²) in [7, 11) is 0. The molecule has 0 aliphatic carbocycles. The largest absolute Gasteiger partial charge is 0.475 e. The fraction of sp³-hybridized carbons (Fsp3) is 0.333. The van der Waals surface area contributed by atoms with Crippen molar-refractivity contribution in [3.05, 3.63) is 34.6 Å². The zero-order valence-corrected chi connectivity index (χ0v) is 17.4. The van der Waals surface area contributed by atoms with Gasteiger partial charge in [0.2, 0.25) is 5.88 Å². The number of nitrogens with two attached hydrogens (primary N) is 1. The monoisotopic (exact) mass is 438 g/mol. The highest BCUT2D eigenvalue weighted by molar-refractivity contribution is 7.98. The van der Waals surface area contributed by atoms with Gasteiger partial charge in [0.05, 0.1) is 18.3 Å². The quantitative estimate of drug-likeness (QED) is 0.373. The van der Waals surface area contributed by atoms with Gasteiger partial charge in [0.25, 0.3) is 0 Å². The van der Waals surface area contributed by atoms with Crippen LogP contribution >= 0.6 is 23.4 Å². The second kappa shape index (κ2) is 7.42. The van der Waals surface area contributed by atoms with Crippen LogP contribution in [0.2, 0.25) is 5.15 Å². The Morgan fingerprint density at radius 3 is 2.83 bits per heavy atom. The van der Waals surface area contributed by atoms with Crippen LogP contribution in [0, 0.1) is 11.6 Å². The molecule has 11 heteroatoms. The average molecular weight is 439 g/mol. The molecule has 1 unspecified atom stereocenters. The number of hydrogen-bond acceptors (Lipinski definition) is 8. The first kappa shape index (κ1) is 19.8. The van der Waals surface area contributed by atoms with Crippen molar-refractivity contribution in [3.63, 3.8) is 0 Å². The van der Waals surface area contributed by atoms with Crippen molar-refractivity contribution in [3.8, 4) is 5.88 Å². The van der Waals surface area contributed by atoms with E-state index in [9.17, 15) is 8.78 Å². The van der Waals surface area contributed by atoms with Crippen molar-refractivity contribution in [1.82, 2.24) is 19.9 Å². The molecule has 0 bridgehead atoms. The van der Waals surface area contributed by atoms with Gasteiger partial charge in [-0.15, -0.1) is 0 Å². The molecule has 152 valence electrons. The van der Waals surface area contributed by atoms with Crippen LogP contribution in [0.3, 0.4) is 0 Å². The van der Waals surface area contributed by atoms with Gasteiger partial charge in [0.1, 0.15) is 35.0 Å². The molecule has 0 aromatic carbocycles. The lowest BCUT2D eigenvalue weighted by Gasteiger charge is -2.35. The third kappa shape index (κ3) is 3.29. The maximum absolute atomic E-state index is 14.8. The highest BCUT2D eigenvalue weighted by Gasteiger charge is 2.33. The summed E-state index contributed by atoms with van der Waals surface area (Å²) in [6.45, 7) is 3.98.